The summed E-state index contributed by atoms with van der Waals surface area (Å²) in [4.78, 5) is 27.1. The average Bonchev–Trinajstić information content (AvgIpc) is 3.27. The number of benzene rings is 1. The highest BCUT2D eigenvalue weighted by molar-refractivity contribution is 7.12. The van der Waals surface area contributed by atoms with E-state index in [1.54, 1.807) is 30.5 Å². The molecule has 7 nitrogen and oxygen atoms in total. The van der Waals surface area contributed by atoms with Crippen molar-refractivity contribution in [2.75, 3.05) is 19.8 Å². The summed E-state index contributed by atoms with van der Waals surface area (Å²) in [7, 11) is 0. The zero-order chi connectivity index (χ0) is 19.6. The van der Waals surface area contributed by atoms with Gasteiger partial charge in [-0.25, -0.2) is 0 Å². The summed E-state index contributed by atoms with van der Waals surface area (Å²) in [6, 6.07) is 6.93. The van der Waals surface area contributed by atoms with E-state index in [9.17, 15) is 24.9 Å². The number of hydrogen-bond acceptors (Lipinski definition) is 7. The van der Waals surface area contributed by atoms with Crippen molar-refractivity contribution in [1.29, 1.82) is 0 Å². The molecule has 0 saturated heterocycles. The summed E-state index contributed by atoms with van der Waals surface area (Å²) >= 11 is 1.21. The van der Waals surface area contributed by atoms with Crippen molar-refractivity contribution in [3.05, 3.63) is 57.5 Å². The van der Waals surface area contributed by atoms with Gasteiger partial charge in [0.2, 0.25) is 5.78 Å². The molecule has 2 aromatic rings. The Morgan fingerprint density at radius 1 is 1.30 bits per heavy atom. The van der Waals surface area contributed by atoms with Crippen molar-refractivity contribution in [2.45, 2.75) is 13.0 Å². The number of ketones is 1. The van der Waals surface area contributed by atoms with Gasteiger partial charge in [0, 0.05) is 6.54 Å². The van der Waals surface area contributed by atoms with Crippen LogP contribution in [0.1, 0.15) is 28.2 Å². The van der Waals surface area contributed by atoms with E-state index in [4.69, 9.17) is 4.74 Å². The largest absolute Gasteiger partial charge is 0.504 e. The summed E-state index contributed by atoms with van der Waals surface area (Å²) in [6.07, 6.45) is 0. The Morgan fingerprint density at radius 3 is 2.70 bits per heavy atom. The molecule has 2 heterocycles. The molecule has 0 bridgehead atoms. The second kappa shape index (κ2) is 7.81. The highest BCUT2D eigenvalue weighted by Crippen LogP contribution is 2.41. The van der Waals surface area contributed by atoms with E-state index < -0.39 is 23.5 Å². The summed E-state index contributed by atoms with van der Waals surface area (Å²) < 4.78 is 5.39. The van der Waals surface area contributed by atoms with E-state index in [-0.39, 0.29) is 30.2 Å². The maximum absolute atomic E-state index is 12.9. The van der Waals surface area contributed by atoms with Gasteiger partial charge in [0.1, 0.15) is 0 Å². The Bertz CT molecular complexity index is 890. The fraction of sp³-hybridized carbons (Fsp3) is 0.263. The van der Waals surface area contributed by atoms with Gasteiger partial charge in [0.15, 0.2) is 17.3 Å². The third kappa shape index (κ3) is 3.41. The molecule has 3 rings (SSSR count). The molecule has 8 heteroatoms. The monoisotopic (exact) mass is 389 g/mol. The van der Waals surface area contributed by atoms with Crippen molar-refractivity contribution in [3.63, 3.8) is 0 Å². The zero-order valence-electron chi connectivity index (χ0n) is 14.6. The molecule has 0 saturated carbocycles. The quantitative estimate of drug-likeness (QED) is 0.628. The minimum Gasteiger partial charge on any atom is -0.504 e. The van der Waals surface area contributed by atoms with Crippen LogP contribution in [0.25, 0.3) is 0 Å². The SMILES string of the molecule is CCOc1cc(C2C(C(=O)c3cccs3)=C(O)C(=O)N2CCO)ccc1O. The van der Waals surface area contributed by atoms with E-state index >= 15 is 0 Å². The van der Waals surface area contributed by atoms with E-state index in [1.165, 1.54) is 28.4 Å². The van der Waals surface area contributed by atoms with Crippen molar-refractivity contribution in [2.24, 2.45) is 0 Å². The molecule has 1 aliphatic rings. The molecule has 1 amide bonds. The Labute approximate surface area is 159 Å². The maximum atomic E-state index is 12.9. The van der Waals surface area contributed by atoms with Gasteiger partial charge < -0.3 is 25.0 Å². The first-order valence-electron chi connectivity index (χ1n) is 8.38. The number of carbonyl (C=O) groups is 2. The van der Waals surface area contributed by atoms with E-state index in [0.717, 1.165) is 0 Å². The fourth-order valence-corrected chi connectivity index (χ4v) is 3.76. The molecular formula is C19H19NO6S. The van der Waals surface area contributed by atoms with Crippen molar-refractivity contribution < 1.29 is 29.6 Å². The minimum atomic E-state index is -0.890. The first kappa shape index (κ1) is 18.9. The van der Waals surface area contributed by atoms with Crippen molar-refractivity contribution in [1.82, 2.24) is 4.90 Å². The molecule has 0 fully saturated rings. The number of aromatic hydroxyl groups is 1. The first-order valence-corrected chi connectivity index (χ1v) is 9.26. The summed E-state index contributed by atoms with van der Waals surface area (Å²) in [6.45, 7) is 1.70. The van der Waals surface area contributed by atoms with Crippen LogP contribution >= 0.6 is 11.3 Å². The molecule has 0 spiro atoms. The van der Waals surface area contributed by atoms with Crippen LogP contribution in [0.4, 0.5) is 0 Å². The van der Waals surface area contributed by atoms with Gasteiger partial charge in [0.25, 0.3) is 5.91 Å². The van der Waals surface area contributed by atoms with Gasteiger partial charge >= 0.3 is 0 Å². The molecule has 142 valence electrons. The molecule has 1 unspecified atom stereocenters. The van der Waals surface area contributed by atoms with Crippen LogP contribution in [0, 0.1) is 0 Å². The third-order valence-corrected chi connectivity index (χ3v) is 5.10. The average molecular weight is 389 g/mol. The number of amides is 1. The lowest BCUT2D eigenvalue weighted by atomic mass is 9.95. The molecular weight excluding hydrogens is 370 g/mol. The number of aliphatic hydroxyl groups excluding tert-OH is 2. The van der Waals surface area contributed by atoms with Crippen LogP contribution in [0.3, 0.4) is 0 Å². The van der Waals surface area contributed by atoms with Crippen LogP contribution in [-0.2, 0) is 4.79 Å². The lowest BCUT2D eigenvalue weighted by Crippen LogP contribution is -2.33. The van der Waals surface area contributed by atoms with E-state index in [1.807, 2.05) is 0 Å². The highest BCUT2D eigenvalue weighted by Gasteiger charge is 2.43. The van der Waals surface area contributed by atoms with Gasteiger partial charge in [-0.1, -0.05) is 12.1 Å². The normalized spacial score (nSPS) is 16.9. The predicted molar refractivity (Wildman–Crippen MR) is 99.1 cm³/mol. The number of Topliss-reactive ketones (excluding diaryl/α,β-unsaturated/α-hetero) is 1. The lowest BCUT2D eigenvalue weighted by molar-refractivity contribution is -0.129. The molecule has 27 heavy (non-hydrogen) atoms. The van der Waals surface area contributed by atoms with Crippen molar-refractivity contribution in [3.8, 4) is 11.5 Å². The second-order valence-corrected chi connectivity index (χ2v) is 6.80. The molecule has 0 aliphatic carbocycles. The van der Waals surface area contributed by atoms with E-state index in [0.29, 0.717) is 17.0 Å². The van der Waals surface area contributed by atoms with Gasteiger partial charge in [-0.15, -0.1) is 11.3 Å². The Kier molecular flexibility index (Phi) is 5.48. The molecule has 0 radical (unpaired) electrons. The van der Waals surface area contributed by atoms with Gasteiger partial charge in [0.05, 0.1) is 29.7 Å². The standard InChI is InChI=1S/C19H19NO6S/c1-2-26-13-10-11(5-6-12(13)22)16-15(17(23)14-4-3-9-27-14)18(24)19(25)20(16)7-8-21/h3-6,9-10,16,21-22,24H,2,7-8H2,1H3. The molecule has 1 atom stereocenters. The third-order valence-electron chi connectivity index (χ3n) is 4.23. The zero-order valence-corrected chi connectivity index (χ0v) is 15.4. The highest BCUT2D eigenvalue weighted by atomic mass is 32.1. The Hall–Kier alpha value is -2.84. The van der Waals surface area contributed by atoms with Gasteiger partial charge in [-0.2, -0.15) is 0 Å². The molecule has 1 aromatic carbocycles. The van der Waals surface area contributed by atoms with Crippen molar-refractivity contribution >= 4 is 23.0 Å². The summed E-state index contributed by atoms with van der Waals surface area (Å²) in [5.74, 6) is -1.66. The van der Waals surface area contributed by atoms with Crippen LogP contribution < -0.4 is 4.74 Å². The number of phenols is 1. The molecule has 1 aliphatic heterocycles. The number of nitrogens with zero attached hydrogens (tertiary/aromatic N) is 1. The minimum absolute atomic E-state index is 0.0518. The Balaban J connectivity index is 2.11. The number of hydrogen-bond donors (Lipinski definition) is 3. The van der Waals surface area contributed by atoms with Crippen LogP contribution in [0.5, 0.6) is 11.5 Å². The molecule has 1 aromatic heterocycles. The maximum Gasteiger partial charge on any atom is 0.290 e. The van der Waals surface area contributed by atoms with Crippen LogP contribution in [-0.4, -0.2) is 51.7 Å². The second-order valence-electron chi connectivity index (χ2n) is 5.85. The number of ether oxygens (including phenoxy) is 1. The fourth-order valence-electron chi connectivity index (χ4n) is 3.08. The molecule has 3 N–H and O–H groups in total. The van der Waals surface area contributed by atoms with Gasteiger partial charge in [-0.3, -0.25) is 9.59 Å². The summed E-state index contributed by atoms with van der Waals surface area (Å²) in [5.41, 5.74) is 0.436. The Morgan fingerprint density at radius 2 is 2.07 bits per heavy atom. The number of aliphatic hydroxyl groups is 2. The predicted octanol–water partition coefficient (Wildman–Crippen LogP) is 2.42. The first-order chi connectivity index (χ1) is 13.0. The number of rotatable bonds is 7. The number of thiophene rings is 1. The van der Waals surface area contributed by atoms with Crippen LogP contribution in [0.2, 0.25) is 0 Å². The number of phenolic OH excluding ortho intramolecular Hbond substituents is 1. The summed E-state index contributed by atoms with van der Waals surface area (Å²) in [5, 5.41) is 31.4. The smallest absolute Gasteiger partial charge is 0.290 e. The lowest BCUT2D eigenvalue weighted by Gasteiger charge is -2.26. The number of carbonyl (C=O) groups excluding carboxylic acids is 2. The van der Waals surface area contributed by atoms with Gasteiger partial charge in [-0.05, 0) is 36.1 Å². The number of β-amino-alcohol motifs (C(OH)–C–C–N with tert-alkyl or cyclic N) is 1. The van der Waals surface area contributed by atoms with E-state index in [2.05, 4.69) is 0 Å². The topological polar surface area (TPSA) is 107 Å². The van der Waals surface area contributed by atoms with Crippen LogP contribution in [0.15, 0.2) is 47.0 Å².